The van der Waals surface area contributed by atoms with E-state index >= 15 is 0 Å². The molecule has 2 aromatic rings. The van der Waals surface area contributed by atoms with Gasteiger partial charge in [0.15, 0.2) is 0 Å². The van der Waals surface area contributed by atoms with Crippen LogP contribution >= 0.6 is 23.2 Å². The summed E-state index contributed by atoms with van der Waals surface area (Å²) < 4.78 is 40.5. The highest BCUT2D eigenvalue weighted by Gasteiger charge is 2.32. The van der Waals surface area contributed by atoms with E-state index in [1.54, 1.807) is 13.0 Å². The maximum absolute atomic E-state index is 14.4. The van der Waals surface area contributed by atoms with Crippen LogP contribution in [0.5, 0.6) is 0 Å². The molecule has 11 heteroatoms. The molecule has 0 unspecified atom stereocenters. The van der Waals surface area contributed by atoms with Gasteiger partial charge in [-0.05, 0) is 38.0 Å². The lowest BCUT2D eigenvalue weighted by Gasteiger charge is -2.32. The van der Waals surface area contributed by atoms with Crippen LogP contribution in [0.15, 0.2) is 42.5 Å². The molecule has 1 aliphatic carbocycles. The third-order valence-electron chi connectivity index (χ3n) is 6.05. The molecule has 0 aromatic heterocycles. The van der Waals surface area contributed by atoms with Crippen molar-refractivity contribution in [3.8, 4) is 0 Å². The Hall–Kier alpha value is -2.36. The molecular weight excluding hydrogens is 516 g/mol. The van der Waals surface area contributed by atoms with E-state index in [9.17, 15) is 22.4 Å². The van der Waals surface area contributed by atoms with Crippen molar-refractivity contribution in [3.05, 3.63) is 63.9 Å². The number of anilines is 1. The lowest BCUT2D eigenvalue weighted by Crippen LogP contribution is -2.52. The summed E-state index contributed by atoms with van der Waals surface area (Å²) in [6.45, 7) is 0.681. The summed E-state index contributed by atoms with van der Waals surface area (Å²) in [7, 11) is -3.96. The van der Waals surface area contributed by atoms with E-state index < -0.39 is 34.3 Å². The summed E-state index contributed by atoms with van der Waals surface area (Å²) in [6.07, 6.45) is 4.68. The van der Waals surface area contributed by atoms with Gasteiger partial charge in [-0.2, -0.15) is 0 Å². The molecule has 0 heterocycles. The highest BCUT2D eigenvalue weighted by atomic mass is 35.5. The van der Waals surface area contributed by atoms with Crippen LogP contribution in [0.1, 0.15) is 38.2 Å². The van der Waals surface area contributed by atoms with Crippen LogP contribution in [0.4, 0.5) is 10.1 Å². The molecule has 0 spiro atoms. The zero-order valence-electron chi connectivity index (χ0n) is 19.5. The van der Waals surface area contributed by atoms with Crippen LogP contribution in [-0.4, -0.2) is 50.0 Å². The van der Waals surface area contributed by atoms with Gasteiger partial charge in [-0.1, -0.05) is 60.3 Å². The Bertz CT molecular complexity index is 1190. The zero-order chi connectivity index (χ0) is 25.8. The highest BCUT2D eigenvalue weighted by molar-refractivity contribution is 7.92. The third-order valence-corrected chi connectivity index (χ3v) is 7.98. The van der Waals surface area contributed by atoms with Gasteiger partial charge in [-0.3, -0.25) is 13.9 Å². The topological polar surface area (TPSA) is 86.8 Å². The van der Waals surface area contributed by atoms with Crippen molar-refractivity contribution >= 4 is 50.7 Å². The first-order valence-corrected chi connectivity index (χ1v) is 13.8. The third kappa shape index (κ3) is 6.86. The Morgan fingerprint density at radius 3 is 2.40 bits per heavy atom. The summed E-state index contributed by atoms with van der Waals surface area (Å²) in [5, 5.41) is 3.04. The van der Waals surface area contributed by atoms with E-state index in [0.717, 1.165) is 36.2 Å². The summed E-state index contributed by atoms with van der Waals surface area (Å²) in [4.78, 5) is 27.7. The molecule has 1 saturated carbocycles. The van der Waals surface area contributed by atoms with E-state index in [1.807, 2.05) is 0 Å². The summed E-state index contributed by atoms with van der Waals surface area (Å²) in [5.74, 6) is -1.61. The minimum atomic E-state index is -3.96. The standard InChI is InChI=1S/C24H28Cl2FN3O4S/c1-16(24(32)28-18-9-4-5-10-18)29(14-17-8-3-6-12-20(17)27)22(31)15-30(35(2,33)34)21-13-7-11-19(25)23(21)26/h3,6-8,11-13,16,18H,4-5,9-10,14-15H2,1-2H3,(H,28,32)/t16-/m1/s1. The second-order valence-electron chi connectivity index (χ2n) is 8.62. The molecular formula is C24H28Cl2FN3O4S. The first-order chi connectivity index (χ1) is 16.5. The number of nitrogens with zero attached hydrogens (tertiary/aromatic N) is 2. The highest BCUT2D eigenvalue weighted by Crippen LogP contribution is 2.33. The zero-order valence-corrected chi connectivity index (χ0v) is 21.8. The van der Waals surface area contributed by atoms with Gasteiger partial charge in [0.2, 0.25) is 21.8 Å². The molecule has 1 N–H and O–H groups in total. The smallest absolute Gasteiger partial charge is 0.244 e. The van der Waals surface area contributed by atoms with Crippen LogP contribution in [0.3, 0.4) is 0 Å². The first kappa shape index (κ1) is 27.2. The largest absolute Gasteiger partial charge is 0.352 e. The van der Waals surface area contributed by atoms with Gasteiger partial charge in [0.05, 0.1) is 22.0 Å². The summed E-state index contributed by atoms with van der Waals surface area (Å²) in [6, 6.07) is 9.41. The number of hydrogen-bond acceptors (Lipinski definition) is 4. The van der Waals surface area contributed by atoms with Crippen LogP contribution in [0, 0.1) is 5.82 Å². The fourth-order valence-electron chi connectivity index (χ4n) is 4.06. The van der Waals surface area contributed by atoms with E-state index in [-0.39, 0.29) is 39.8 Å². The van der Waals surface area contributed by atoms with Crippen LogP contribution < -0.4 is 9.62 Å². The number of rotatable bonds is 9. The Labute approximate surface area is 215 Å². The predicted molar refractivity (Wildman–Crippen MR) is 135 cm³/mol. The van der Waals surface area contributed by atoms with Crippen LogP contribution in [-0.2, 0) is 26.2 Å². The van der Waals surface area contributed by atoms with E-state index in [1.165, 1.54) is 41.3 Å². The summed E-state index contributed by atoms with van der Waals surface area (Å²) in [5.41, 5.74) is 0.233. The average Bonchev–Trinajstić information content (AvgIpc) is 3.30. The minimum absolute atomic E-state index is 0.0214. The maximum Gasteiger partial charge on any atom is 0.244 e. The van der Waals surface area contributed by atoms with E-state index in [2.05, 4.69) is 5.32 Å². The second kappa shape index (κ2) is 11.6. The molecule has 35 heavy (non-hydrogen) atoms. The van der Waals surface area contributed by atoms with Gasteiger partial charge in [0.1, 0.15) is 18.4 Å². The van der Waals surface area contributed by atoms with Crippen molar-refractivity contribution in [3.63, 3.8) is 0 Å². The van der Waals surface area contributed by atoms with Crippen molar-refractivity contribution in [1.29, 1.82) is 0 Å². The van der Waals surface area contributed by atoms with Gasteiger partial charge < -0.3 is 10.2 Å². The fraction of sp³-hybridized carbons (Fsp3) is 0.417. The van der Waals surface area contributed by atoms with Crippen molar-refractivity contribution in [1.82, 2.24) is 10.2 Å². The Morgan fingerprint density at radius 1 is 1.11 bits per heavy atom. The van der Waals surface area contributed by atoms with Gasteiger partial charge in [-0.15, -0.1) is 0 Å². The molecule has 1 atom stereocenters. The molecule has 2 amide bonds. The molecule has 2 aromatic carbocycles. The van der Waals surface area contributed by atoms with Crippen LogP contribution in [0.25, 0.3) is 0 Å². The average molecular weight is 544 g/mol. The Kier molecular flexibility index (Phi) is 9.01. The predicted octanol–water partition coefficient (Wildman–Crippen LogP) is 4.37. The molecule has 190 valence electrons. The lowest BCUT2D eigenvalue weighted by molar-refractivity contribution is -0.139. The molecule has 1 fully saturated rings. The number of hydrogen-bond donors (Lipinski definition) is 1. The molecule has 3 rings (SSSR count). The number of carbonyl (C=O) groups is 2. The molecule has 7 nitrogen and oxygen atoms in total. The van der Waals surface area contributed by atoms with Crippen molar-refractivity contribution in [2.45, 2.75) is 51.2 Å². The number of amides is 2. The first-order valence-electron chi connectivity index (χ1n) is 11.2. The maximum atomic E-state index is 14.4. The van der Waals surface area contributed by atoms with Gasteiger partial charge in [0.25, 0.3) is 0 Å². The number of benzene rings is 2. The van der Waals surface area contributed by atoms with Crippen molar-refractivity contribution in [2.75, 3.05) is 17.1 Å². The molecule has 0 radical (unpaired) electrons. The fourth-order valence-corrected chi connectivity index (χ4v) is 5.37. The minimum Gasteiger partial charge on any atom is -0.352 e. The quantitative estimate of drug-likeness (QED) is 0.508. The van der Waals surface area contributed by atoms with Gasteiger partial charge >= 0.3 is 0 Å². The van der Waals surface area contributed by atoms with Gasteiger partial charge in [-0.25, -0.2) is 12.8 Å². The number of carbonyl (C=O) groups excluding carboxylic acids is 2. The molecule has 0 bridgehead atoms. The van der Waals surface area contributed by atoms with E-state index in [0.29, 0.717) is 0 Å². The molecule has 0 aliphatic heterocycles. The van der Waals surface area contributed by atoms with Crippen molar-refractivity contribution < 1.29 is 22.4 Å². The number of sulfonamides is 1. The SMILES string of the molecule is C[C@H](C(=O)NC1CCCC1)N(Cc1ccccc1F)C(=O)CN(c1cccc(Cl)c1Cl)S(C)(=O)=O. The normalized spacial score (nSPS) is 15.0. The Morgan fingerprint density at radius 2 is 1.77 bits per heavy atom. The lowest BCUT2D eigenvalue weighted by atomic mass is 10.1. The Balaban J connectivity index is 1.92. The van der Waals surface area contributed by atoms with E-state index in [4.69, 9.17) is 23.2 Å². The van der Waals surface area contributed by atoms with Crippen LogP contribution in [0.2, 0.25) is 10.0 Å². The van der Waals surface area contributed by atoms with Gasteiger partial charge in [0, 0.05) is 18.2 Å². The molecule has 0 saturated heterocycles. The monoisotopic (exact) mass is 543 g/mol. The number of halogens is 3. The van der Waals surface area contributed by atoms with Crippen molar-refractivity contribution in [2.24, 2.45) is 0 Å². The summed E-state index contributed by atoms with van der Waals surface area (Å²) >= 11 is 12.3. The second-order valence-corrected chi connectivity index (χ2v) is 11.3. The molecule has 1 aliphatic rings. The number of nitrogens with one attached hydrogen (secondary N) is 1.